The van der Waals surface area contributed by atoms with E-state index in [9.17, 15) is 9.59 Å². The summed E-state index contributed by atoms with van der Waals surface area (Å²) in [6.07, 6.45) is 2.99. The van der Waals surface area contributed by atoms with Gasteiger partial charge in [-0.25, -0.2) is 0 Å². The second-order valence-electron chi connectivity index (χ2n) is 4.90. The Hall–Kier alpha value is -1.36. The van der Waals surface area contributed by atoms with Gasteiger partial charge in [0.25, 0.3) is 0 Å². The third-order valence-corrected chi connectivity index (χ3v) is 4.67. The predicted molar refractivity (Wildman–Crippen MR) is 78.9 cm³/mol. The summed E-state index contributed by atoms with van der Waals surface area (Å²) < 4.78 is 4.94. The van der Waals surface area contributed by atoms with Gasteiger partial charge >= 0.3 is 5.97 Å². The molecule has 0 N–H and O–H groups in total. The minimum atomic E-state index is -0.330. The number of aryl methyl sites for hydroxylation is 1. The molecule has 0 aromatic carbocycles. The average molecular weight is 295 g/mol. The largest absolute Gasteiger partial charge is 0.465 e. The van der Waals surface area contributed by atoms with Gasteiger partial charge in [-0.15, -0.1) is 11.3 Å². The molecule has 0 saturated carbocycles. The Bertz CT molecular complexity index is 483. The third-order valence-electron chi connectivity index (χ3n) is 3.67. The quantitative estimate of drug-likeness (QED) is 0.784. The van der Waals surface area contributed by atoms with Gasteiger partial charge in [0, 0.05) is 11.4 Å². The highest BCUT2D eigenvalue weighted by Crippen LogP contribution is 2.36. The van der Waals surface area contributed by atoms with Crippen LogP contribution in [0.25, 0.3) is 0 Å². The lowest BCUT2D eigenvalue weighted by atomic mass is 9.86. The van der Waals surface area contributed by atoms with Gasteiger partial charge in [0.1, 0.15) is 6.54 Å². The summed E-state index contributed by atoms with van der Waals surface area (Å²) in [5, 5.41) is 2.05. The molecule has 0 bridgehead atoms. The first-order valence-corrected chi connectivity index (χ1v) is 8.06. The monoisotopic (exact) mass is 295 g/mol. The first-order valence-electron chi connectivity index (χ1n) is 7.18. The van der Waals surface area contributed by atoms with Gasteiger partial charge in [-0.3, -0.25) is 9.59 Å². The maximum atomic E-state index is 12.7. The number of amides is 1. The Kier molecular flexibility index (Phi) is 5.17. The second-order valence-corrected chi connectivity index (χ2v) is 5.90. The van der Waals surface area contributed by atoms with E-state index in [0.29, 0.717) is 13.2 Å². The van der Waals surface area contributed by atoms with Gasteiger partial charge in [-0.05, 0) is 50.1 Å². The molecular formula is C15H21NO3S. The minimum absolute atomic E-state index is 0.0547. The summed E-state index contributed by atoms with van der Waals surface area (Å²) in [4.78, 5) is 27.2. The van der Waals surface area contributed by atoms with E-state index in [1.807, 2.05) is 6.92 Å². The van der Waals surface area contributed by atoms with Crippen molar-refractivity contribution in [3.8, 4) is 0 Å². The van der Waals surface area contributed by atoms with Crippen LogP contribution in [0.2, 0.25) is 0 Å². The van der Waals surface area contributed by atoms with E-state index in [2.05, 4.69) is 11.4 Å². The molecule has 1 aromatic rings. The van der Waals surface area contributed by atoms with Crippen LogP contribution >= 0.6 is 11.3 Å². The number of thiophene rings is 1. The Morgan fingerprint density at radius 1 is 1.45 bits per heavy atom. The van der Waals surface area contributed by atoms with E-state index in [0.717, 1.165) is 24.8 Å². The molecule has 1 unspecified atom stereocenters. The fraction of sp³-hybridized carbons (Fsp3) is 0.600. The molecule has 0 saturated heterocycles. The Labute approximate surface area is 123 Å². The summed E-state index contributed by atoms with van der Waals surface area (Å²) >= 11 is 1.73. The van der Waals surface area contributed by atoms with Crippen molar-refractivity contribution in [1.82, 2.24) is 4.90 Å². The summed E-state index contributed by atoms with van der Waals surface area (Å²) in [7, 11) is 0. The summed E-state index contributed by atoms with van der Waals surface area (Å²) in [6.45, 7) is 4.61. The standard InChI is InChI=1S/C15H21NO3S/c1-3-16(10-14(17)19-4-2)15(18)12-6-5-7-13-11(12)8-9-20-13/h8-9,12H,3-7,10H2,1-2H3. The fourth-order valence-electron chi connectivity index (χ4n) is 2.67. The third kappa shape index (κ3) is 3.20. The van der Waals surface area contributed by atoms with E-state index >= 15 is 0 Å². The molecule has 110 valence electrons. The number of rotatable bonds is 5. The number of fused-ring (bicyclic) bond motifs is 1. The Morgan fingerprint density at radius 2 is 2.25 bits per heavy atom. The van der Waals surface area contributed by atoms with Crippen molar-refractivity contribution in [2.24, 2.45) is 0 Å². The van der Waals surface area contributed by atoms with Crippen molar-refractivity contribution in [3.05, 3.63) is 21.9 Å². The first-order chi connectivity index (χ1) is 9.67. The predicted octanol–water partition coefficient (Wildman–Crippen LogP) is 2.58. The van der Waals surface area contributed by atoms with Crippen LogP contribution in [0.5, 0.6) is 0 Å². The van der Waals surface area contributed by atoms with Crippen LogP contribution in [0.3, 0.4) is 0 Å². The van der Waals surface area contributed by atoms with Crippen LogP contribution in [-0.4, -0.2) is 36.5 Å². The molecule has 1 heterocycles. The highest BCUT2D eigenvalue weighted by molar-refractivity contribution is 7.10. The van der Waals surface area contributed by atoms with Crippen molar-refractivity contribution >= 4 is 23.2 Å². The molecule has 0 aliphatic heterocycles. The molecule has 1 aliphatic rings. The van der Waals surface area contributed by atoms with Gasteiger partial charge in [-0.2, -0.15) is 0 Å². The molecule has 0 radical (unpaired) electrons. The van der Waals surface area contributed by atoms with Gasteiger partial charge in [-0.1, -0.05) is 0 Å². The van der Waals surface area contributed by atoms with Crippen molar-refractivity contribution in [2.75, 3.05) is 19.7 Å². The normalized spacial score (nSPS) is 17.4. The topological polar surface area (TPSA) is 46.6 Å². The maximum Gasteiger partial charge on any atom is 0.325 e. The van der Waals surface area contributed by atoms with Crippen molar-refractivity contribution in [1.29, 1.82) is 0 Å². The van der Waals surface area contributed by atoms with Crippen LogP contribution in [0.4, 0.5) is 0 Å². The van der Waals surface area contributed by atoms with E-state index < -0.39 is 0 Å². The molecule has 1 aromatic heterocycles. The molecule has 1 atom stereocenters. The van der Waals surface area contributed by atoms with E-state index in [1.165, 1.54) is 4.88 Å². The van der Waals surface area contributed by atoms with Crippen LogP contribution < -0.4 is 0 Å². The zero-order valence-corrected chi connectivity index (χ0v) is 12.9. The van der Waals surface area contributed by atoms with Crippen LogP contribution in [0.15, 0.2) is 11.4 Å². The molecule has 5 heteroatoms. The van der Waals surface area contributed by atoms with Gasteiger partial charge < -0.3 is 9.64 Å². The second kappa shape index (κ2) is 6.88. The lowest BCUT2D eigenvalue weighted by molar-refractivity contribution is -0.149. The average Bonchev–Trinajstić information content (AvgIpc) is 2.92. The Balaban J connectivity index is 2.08. The molecule has 2 rings (SSSR count). The Morgan fingerprint density at radius 3 is 2.95 bits per heavy atom. The number of esters is 1. The molecule has 4 nitrogen and oxygen atoms in total. The number of carbonyl (C=O) groups is 2. The SMILES string of the molecule is CCOC(=O)CN(CC)C(=O)C1CCCc2sccc21. The zero-order chi connectivity index (χ0) is 14.5. The van der Waals surface area contributed by atoms with Crippen LogP contribution in [0.1, 0.15) is 43.0 Å². The lowest BCUT2D eigenvalue weighted by Gasteiger charge is -2.28. The molecule has 0 fully saturated rings. The molecule has 1 aliphatic carbocycles. The van der Waals surface area contributed by atoms with Gasteiger partial charge in [0.05, 0.1) is 12.5 Å². The summed E-state index contributed by atoms with van der Waals surface area (Å²) in [5.74, 6) is -0.358. The number of likely N-dealkylation sites (N-methyl/N-ethyl adjacent to an activating group) is 1. The van der Waals surface area contributed by atoms with E-state index in [-0.39, 0.29) is 24.3 Å². The van der Waals surface area contributed by atoms with Crippen LogP contribution in [-0.2, 0) is 20.7 Å². The van der Waals surface area contributed by atoms with E-state index in [1.54, 1.807) is 23.2 Å². The molecule has 20 heavy (non-hydrogen) atoms. The van der Waals surface area contributed by atoms with Crippen molar-refractivity contribution < 1.29 is 14.3 Å². The van der Waals surface area contributed by atoms with Gasteiger partial charge in [0.2, 0.25) is 5.91 Å². The smallest absolute Gasteiger partial charge is 0.325 e. The fourth-order valence-corrected chi connectivity index (χ4v) is 3.66. The van der Waals surface area contributed by atoms with E-state index in [4.69, 9.17) is 4.74 Å². The van der Waals surface area contributed by atoms with Crippen molar-refractivity contribution in [3.63, 3.8) is 0 Å². The maximum absolute atomic E-state index is 12.7. The van der Waals surface area contributed by atoms with Crippen LogP contribution in [0, 0.1) is 0 Å². The molecule has 0 spiro atoms. The highest BCUT2D eigenvalue weighted by Gasteiger charge is 2.31. The highest BCUT2D eigenvalue weighted by atomic mass is 32.1. The lowest BCUT2D eigenvalue weighted by Crippen LogP contribution is -2.40. The van der Waals surface area contributed by atoms with Crippen molar-refractivity contribution in [2.45, 2.75) is 39.0 Å². The number of hydrogen-bond acceptors (Lipinski definition) is 4. The number of hydrogen-bond donors (Lipinski definition) is 0. The summed E-state index contributed by atoms with van der Waals surface area (Å²) in [5.41, 5.74) is 1.16. The van der Waals surface area contributed by atoms with Gasteiger partial charge in [0.15, 0.2) is 0 Å². The molecular weight excluding hydrogens is 274 g/mol. The number of ether oxygens (including phenoxy) is 1. The zero-order valence-electron chi connectivity index (χ0n) is 12.1. The molecule has 1 amide bonds. The first kappa shape index (κ1) is 15.0. The minimum Gasteiger partial charge on any atom is -0.465 e. The summed E-state index contributed by atoms with van der Waals surface area (Å²) in [6, 6.07) is 2.06. The number of nitrogens with zero attached hydrogens (tertiary/aromatic N) is 1. The number of carbonyl (C=O) groups excluding carboxylic acids is 2.